The lowest BCUT2D eigenvalue weighted by Gasteiger charge is -2.36. The van der Waals surface area contributed by atoms with Crippen molar-refractivity contribution in [3.63, 3.8) is 0 Å². The Kier molecular flexibility index (Phi) is 3.45. The van der Waals surface area contributed by atoms with E-state index in [0.717, 1.165) is 6.07 Å². The fraction of sp³-hybridized carbons (Fsp3) is 0.533. The highest BCUT2D eigenvalue weighted by Crippen LogP contribution is 2.49. The molecule has 1 aromatic carbocycles. The van der Waals surface area contributed by atoms with Crippen molar-refractivity contribution in [2.45, 2.75) is 18.3 Å². The van der Waals surface area contributed by atoms with Crippen LogP contribution in [-0.2, 0) is 10.2 Å². The maximum atomic E-state index is 14.4. The van der Waals surface area contributed by atoms with Gasteiger partial charge in [-0.3, -0.25) is 4.79 Å². The fourth-order valence-electron chi connectivity index (χ4n) is 3.51. The molecule has 0 unspecified atom stereocenters. The molecule has 1 aromatic rings. The van der Waals surface area contributed by atoms with Crippen LogP contribution in [0.15, 0.2) is 12.1 Å². The number of anilines is 1. The van der Waals surface area contributed by atoms with Gasteiger partial charge in [-0.25, -0.2) is 8.78 Å². The summed E-state index contributed by atoms with van der Waals surface area (Å²) in [5, 5.41) is 9.15. The van der Waals surface area contributed by atoms with Crippen LogP contribution in [0.4, 0.5) is 14.5 Å². The summed E-state index contributed by atoms with van der Waals surface area (Å²) < 4.78 is 27.9. The molecule has 2 aliphatic rings. The lowest BCUT2D eigenvalue weighted by Crippen LogP contribution is -2.48. The zero-order valence-corrected chi connectivity index (χ0v) is 11.9. The molecule has 1 saturated heterocycles. The Morgan fingerprint density at radius 1 is 1.29 bits per heavy atom. The molecular formula is C15H18F2N2O2. The van der Waals surface area contributed by atoms with E-state index in [4.69, 9.17) is 5.11 Å². The number of halogens is 2. The van der Waals surface area contributed by atoms with Crippen LogP contribution in [0.25, 0.3) is 0 Å². The third-order valence-electron chi connectivity index (χ3n) is 4.62. The van der Waals surface area contributed by atoms with Gasteiger partial charge in [-0.15, -0.1) is 0 Å². The molecule has 4 nitrogen and oxygen atoms in total. The van der Waals surface area contributed by atoms with Crippen molar-refractivity contribution in [1.82, 2.24) is 4.90 Å². The molecule has 0 bridgehead atoms. The molecule has 3 rings (SSSR count). The maximum Gasteiger partial charge on any atom is 0.238 e. The predicted octanol–water partition coefficient (Wildman–Crippen LogP) is 1.27. The first-order chi connectivity index (χ1) is 9.99. The number of piperidine rings is 1. The number of nitrogens with zero attached hydrogens (tertiary/aromatic N) is 2. The Morgan fingerprint density at radius 2 is 1.95 bits per heavy atom. The molecule has 1 amide bonds. The van der Waals surface area contributed by atoms with Crippen molar-refractivity contribution in [2.75, 3.05) is 38.2 Å². The second-order valence-electron chi connectivity index (χ2n) is 5.85. The largest absolute Gasteiger partial charge is 0.395 e. The van der Waals surface area contributed by atoms with Gasteiger partial charge in [0.1, 0.15) is 11.6 Å². The first-order valence-corrected chi connectivity index (χ1v) is 7.10. The van der Waals surface area contributed by atoms with E-state index in [9.17, 15) is 13.6 Å². The van der Waals surface area contributed by atoms with Crippen molar-refractivity contribution in [2.24, 2.45) is 0 Å². The van der Waals surface area contributed by atoms with Crippen molar-refractivity contribution in [3.8, 4) is 0 Å². The SMILES string of the molecule is CN1CCC2(CC1)C(=O)N(CCO)c1cc(F)cc(F)c12. The Bertz CT molecular complexity index is 583. The summed E-state index contributed by atoms with van der Waals surface area (Å²) in [5.41, 5.74) is -0.332. The highest BCUT2D eigenvalue weighted by Gasteiger charge is 2.53. The van der Waals surface area contributed by atoms with E-state index in [2.05, 4.69) is 4.90 Å². The van der Waals surface area contributed by atoms with Crippen LogP contribution in [0.5, 0.6) is 0 Å². The van der Waals surface area contributed by atoms with Gasteiger partial charge in [-0.1, -0.05) is 0 Å². The molecule has 1 spiro atoms. The van der Waals surface area contributed by atoms with Crippen molar-refractivity contribution in [3.05, 3.63) is 29.3 Å². The van der Waals surface area contributed by atoms with Crippen LogP contribution in [-0.4, -0.2) is 49.2 Å². The van der Waals surface area contributed by atoms with Crippen molar-refractivity contribution in [1.29, 1.82) is 0 Å². The summed E-state index contributed by atoms with van der Waals surface area (Å²) >= 11 is 0. The number of likely N-dealkylation sites (tertiary alicyclic amines) is 1. The molecule has 0 aromatic heterocycles. The normalized spacial score (nSPS) is 21.1. The number of hydrogen-bond donors (Lipinski definition) is 1. The van der Waals surface area contributed by atoms with Gasteiger partial charge in [0, 0.05) is 18.2 Å². The molecule has 2 heterocycles. The van der Waals surface area contributed by atoms with Crippen molar-refractivity contribution < 1.29 is 18.7 Å². The number of aliphatic hydroxyl groups is 1. The molecule has 0 atom stereocenters. The third kappa shape index (κ3) is 2.05. The number of benzene rings is 1. The van der Waals surface area contributed by atoms with E-state index in [1.807, 2.05) is 7.05 Å². The number of fused-ring (bicyclic) bond motifs is 2. The van der Waals surface area contributed by atoms with E-state index in [1.165, 1.54) is 11.0 Å². The minimum atomic E-state index is -0.908. The smallest absolute Gasteiger partial charge is 0.238 e. The summed E-state index contributed by atoms with van der Waals surface area (Å²) in [6, 6.07) is 2.04. The van der Waals surface area contributed by atoms with Gasteiger partial charge in [-0.05, 0) is 39.0 Å². The van der Waals surface area contributed by atoms with E-state index < -0.39 is 17.0 Å². The quantitative estimate of drug-likeness (QED) is 0.894. The summed E-state index contributed by atoms with van der Waals surface area (Å²) in [5.74, 6) is -1.58. The molecule has 0 aliphatic carbocycles. The van der Waals surface area contributed by atoms with Gasteiger partial charge in [-0.2, -0.15) is 0 Å². The molecule has 1 fully saturated rings. The Balaban J connectivity index is 2.14. The molecule has 21 heavy (non-hydrogen) atoms. The molecule has 0 radical (unpaired) electrons. The lowest BCUT2D eigenvalue weighted by molar-refractivity contribution is -0.125. The number of carbonyl (C=O) groups excluding carboxylic acids is 1. The minimum absolute atomic E-state index is 0.0618. The summed E-state index contributed by atoms with van der Waals surface area (Å²) in [7, 11) is 1.96. The average molecular weight is 296 g/mol. The Morgan fingerprint density at radius 3 is 2.57 bits per heavy atom. The topological polar surface area (TPSA) is 43.8 Å². The molecule has 1 N–H and O–H groups in total. The first-order valence-electron chi connectivity index (χ1n) is 7.10. The molecule has 114 valence electrons. The molecule has 6 heteroatoms. The van der Waals surface area contributed by atoms with E-state index in [1.54, 1.807) is 0 Å². The Hall–Kier alpha value is -1.53. The number of β-amino-alcohol motifs (C(OH)–C–C–N with tert-alkyl or cyclic N) is 1. The number of carbonyl (C=O) groups is 1. The van der Waals surface area contributed by atoms with Gasteiger partial charge in [0.15, 0.2) is 0 Å². The average Bonchev–Trinajstić information content (AvgIpc) is 2.65. The predicted molar refractivity (Wildman–Crippen MR) is 74.2 cm³/mol. The van der Waals surface area contributed by atoms with Crippen molar-refractivity contribution >= 4 is 11.6 Å². The maximum absolute atomic E-state index is 14.4. The monoisotopic (exact) mass is 296 g/mol. The van der Waals surface area contributed by atoms with Crippen LogP contribution in [0, 0.1) is 11.6 Å². The zero-order valence-electron chi connectivity index (χ0n) is 11.9. The van der Waals surface area contributed by atoms with Crippen LogP contribution in [0.3, 0.4) is 0 Å². The standard InChI is InChI=1S/C15H18F2N2O2/c1-18-4-2-15(3-5-18)13-11(17)8-10(16)9-12(13)19(6-7-20)14(15)21/h8-9,20H,2-7H2,1H3. The fourth-order valence-corrected chi connectivity index (χ4v) is 3.51. The molecular weight excluding hydrogens is 278 g/mol. The summed E-state index contributed by atoms with van der Waals surface area (Å²) in [6.45, 7) is 1.20. The highest BCUT2D eigenvalue weighted by molar-refractivity contribution is 6.08. The van der Waals surface area contributed by atoms with Gasteiger partial charge in [0.2, 0.25) is 5.91 Å². The van der Waals surface area contributed by atoms with E-state index >= 15 is 0 Å². The summed E-state index contributed by atoms with van der Waals surface area (Å²) in [6.07, 6.45) is 1.03. The van der Waals surface area contributed by atoms with Gasteiger partial charge in [0.25, 0.3) is 0 Å². The Labute approximate surface area is 122 Å². The zero-order chi connectivity index (χ0) is 15.2. The van der Waals surface area contributed by atoms with Crippen LogP contribution >= 0.6 is 0 Å². The van der Waals surface area contributed by atoms with Crippen LogP contribution in [0.1, 0.15) is 18.4 Å². The van der Waals surface area contributed by atoms with E-state index in [-0.39, 0.29) is 24.7 Å². The minimum Gasteiger partial charge on any atom is -0.395 e. The third-order valence-corrected chi connectivity index (χ3v) is 4.62. The van der Waals surface area contributed by atoms with Crippen LogP contribution < -0.4 is 4.90 Å². The van der Waals surface area contributed by atoms with Gasteiger partial charge in [0.05, 0.1) is 17.7 Å². The number of amides is 1. The second kappa shape index (κ2) is 5.03. The van der Waals surface area contributed by atoms with Gasteiger partial charge < -0.3 is 14.9 Å². The highest BCUT2D eigenvalue weighted by atomic mass is 19.1. The number of aliphatic hydroxyl groups excluding tert-OH is 1. The number of rotatable bonds is 2. The molecule has 0 saturated carbocycles. The lowest BCUT2D eigenvalue weighted by atomic mass is 9.73. The van der Waals surface area contributed by atoms with Gasteiger partial charge >= 0.3 is 0 Å². The summed E-state index contributed by atoms with van der Waals surface area (Å²) in [4.78, 5) is 16.2. The molecule has 2 aliphatic heterocycles. The number of hydrogen-bond acceptors (Lipinski definition) is 3. The van der Waals surface area contributed by atoms with E-state index in [0.29, 0.717) is 31.5 Å². The van der Waals surface area contributed by atoms with Crippen LogP contribution in [0.2, 0.25) is 0 Å². The first kappa shape index (κ1) is 14.4. The second-order valence-corrected chi connectivity index (χ2v) is 5.85.